The molecule has 0 atom stereocenters. The van der Waals surface area contributed by atoms with Crippen LogP contribution in [0, 0.1) is 10.1 Å². The lowest BCUT2D eigenvalue weighted by atomic mass is 10.0. The van der Waals surface area contributed by atoms with Crippen LogP contribution >= 0.6 is 34.9 Å². The molecule has 0 fully saturated rings. The Kier molecular flexibility index (Phi) is 8.95. The molecule has 1 aromatic heterocycles. The predicted octanol–water partition coefficient (Wildman–Crippen LogP) is 2.92. The Morgan fingerprint density at radius 2 is 2.30 bits per heavy atom. The number of ether oxygens (including phenoxy) is 1. The Morgan fingerprint density at radius 3 is 2.93 bits per heavy atom. The van der Waals surface area contributed by atoms with E-state index in [2.05, 4.69) is 15.3 Å². The van der Waals surface area contributed by atoms with E-state index in [4.69, 9.17) is 21.5 Å². The van der Waals surface area contributed by atoms with Gasteiger partial charge in [-0.1, -0.05) is 17.7 Å². The molecule has 0 aliphatic heterocycles. The first kappa shape index (κ1) is 21.6. The van der Waals surface area contributed by atoms with E-state index in [9.17, 15) is 10.1 Å². The van der Waals surface area contributed by atoms with E-state index in [1.54, 1.807) is 13.3 Å². The van der Waals surface area contributed by atoms with E-state index in [0.29, 0.717) is 35.6 Å². The average Bonchev–Trinajstić information content (AvgIpc) is 3.06. The van der Waals surface area contributed by atoms with Crippen molar-refractivity contribution in [3.05, 3.63) is 55.0 Å². The zero-order valence-electron chi connectivity index (χ0n) is 14.7. The summed E-state index contributed by atoms with van der Waals surface area (Å²) < 4.78 is 5.82. The lowest BCUT2D eigenvalue weighted by molar-refractivity contribution is -0.462. The standard InChI is InChI=1S/C16H20ClN5O3S2/c1-25-13-3-2-12(7-19-8-14-9-21-16(17)26-14)11(6-13)4-5-20-15(27-18)10-22(23)24/h2-3,6,9,19H,4-5,7-8,10,18H2,1H3. The summed E-state index contributed by atoms with van der Waals surface area (Å²) in [4.78, 5) is 19.5. The largest absolute Gasteiger partial charge is 0.497 e. The van der Waals surface area contributed by atoms with Crippen molar-refractivity contribution in [1.82, 2.24) is 10.3 Å². The zero-order valence-corrected chi connectivity index (χ0v) is 17.1. The van der Waals surface area contributed by atoms with Gasteiger partial charge in [-0.05, 0) is 41.6 Å². The number of aromatic nitrogens is 1. The van der Waals surface area contributed by atoms with E-state index in [-0.39, 0.29) is 6.54 Å². The summed E-state index contributed by atoms with van der Waals surface area (Å²) in [6, 6.07) is 5.86. The molecular formula is C16H20ClN5O3S2. The minimum atomic E-state index is -0.439. The molecule has 27 heavy (non-hydrogen) atoms. The highest BCUT2D eigenvalue weighted by atomic mass is 35.5. The van der Waals surface area contributed by atoms with Crippen LogP contribution in [0.4, 0.5) is 0 Å². The molecule has 0 aliphatic carbocycles. The number of nitrogens with one attached hydrogen (secondary N) is 1. The van der Waals surface area contributed by atoms with Gasteiger partial charge in [0.2, 0.25) is 0 Å². The van der Waals surface area contributed by atoms with Crippen LogP contribution in [0.1, 0.15) is 16.0 Å². The first-order valence-electron chi connectivity index (χ1n) is 8.00. The average molecular weight is 430 g/mol. The third kappa shape index (κ3) is 7.43. The monoisotopic (exact) mass is 429 g/mol. The van der Waals surface area contributed by atoms with Crippen molar-refractivity contribution in [3.63, 3.8) is 0 Å². The number of nitrogens with two attached hydrogens (primary N) is 1. The molecule has 2 aromatic rings. The summed E-state index contributed by atoms with van der Waals surface area (Å²) in [5.41, 5.74) is 2.17. The van der Waals surface area contributed by atoms with Crippen molar-refractivity contribution in [2.24, 2.45) is 10.1 Å². The first-order chi connectivity index (χ1) is 13.0. The van der Waals surface area contributed by atoms with Gasteiger partial charge in [0.1, 0.15) is 5.75 Å². The second kappa shape index (κ2) is 11.2. The molecule has 0 spiro atoms. The number of nitro groups is 1. The van der Waals surface area contributed by atoms with Gasteiger partial charge in [0.25, 0.3) is 6.54 Å². The number of aliphatic imine (C=N–C) groups is 1. The van der Waals surface area contributed by atoms with Gasteiger partial charge in [0.15, 0.2) is 9.51 Å². The molecule has 1 aromatic carbocycles. The number of benzene rings is 1. The molecule has 1 heterocycles. The van der Waals surface area contributed by atoms with Crippen LogP contribution in [-0.2, 0) is 19.5 Å². The summed E-state index contributed by atoms with van der Waals surface area (Å²) in [6.07, 6.45) is 2.38. The highest BCUT2D eigenvalue weighted by Crippen LogP contribution is 2.20. The van der Waals surface area contributed by atoms with Gasteiger partial charge in [-0.2, -0.15) is 0 Å². The predicted molar refractivity (Wildman–Crippen MR) is 110 cm³/mol. The molecule has 0 saturated heterocycles. The Balaban J connectivity index is 2.00. The van der Waals surface area contributed by atoms with Crippen molar-refractivity contribution in [2.75, 3.05) is 20.2 Å². The second-order valence-electron chi connectivity index (χ2n) is 5.45. The van der Waals surface area contributed by atoms with E-state index in [0.717, 1.165) is 33.7 Å². The maximum Gasteiger partial charge on any atom is 0.252 e. The van der Waals surface area contributed by atoms with E-state index in [1.165, 1.54) is 11.3 Å². The highest BCUT2D eigenvalue weighted by molar-refractivity contribution is 8.12. The Morgan fingerprint density at radius 1 is 1.48 bits per heavy atom. The third-order valence-corrected chi connectivity index (χ3v) is 5.27. The van der Waals surface area contributed by atoms with Gasteiger partial charge in [0, 0.05) is 35.6 Å². The molecule has 0 bridgehead atoms. The van der Waals surface area contributed by atoms with Crippen LogP contribution in [0.2, 0.25) is 4.47 Å². The van der Waals surface area contributed by atoms with Gasteiger partial charge in [0.05, 0.1) is 7.11 Å². The van der Waals surface area contributed by atoms with Crippen molar-refractivity contribution < 1.29 is 9.66 Å². The lowest BCUT2D eigenvalue weighted by Crippen LogP contribution is -2.15. The Hall–Kier alpha value is -1.72. The maximum absolute atomic E-state index is 10.6. The molecule has 2 rings (SSSR count). The molecule has 11 heteroatoms. The molecule has 0 unspecified atom stereocenters. The zero-order chi connectivity index (χ0) is 19.6. The fourth-order valence-corrected chi connectivity index (χ4v) is 3.65. The number of nitrogens with zero attached hydrogens (tertiary/aromatic N) is 3. The van der Waals surface area contributed by atoms with Gasteiger partial charge in [-0.25, -0.2) is 4.98 Å². The molecule has 146 valence electrons. The smallest absolute Gasteiger partial charge is 0.252 e. The van der Waals surface area contributed by atoms with Crippen molar-refractivity contribution in [3.8, 4) is 5.75 Å². The quantitative estimate of drug-likeness (QED) is 0.196. The Bertz CT molecular complexity index is 800. The highest BCUT2D eigenvalue weighted by Gasteiger charge is 2.08. The van der Waals surface area contributed by atoms with Gasteiger partial charge in [-0.3, -0.25) is 20.2 Å². The molecule has 8 nitrogen and oxygen atoms in total. The van der Waals surface area contributed by atoms with Crippen LogP contribution in [0.25, 0.3) is 0 Å². The number of hydrogen-bond acceptors (Lipinski definition) is 9. The lowest BCUT2D eigenvalue weighted by Gasteiger charge is -2.12. The Labute approximate surface area is 170 Å². The second-order valence-corrected chi connectivity index (χ2v) is 7.86. The number of thiazole rings is 1. The first-order valence-corrected chi connectivity index (χ1v) is 10.1. The summed E-state index contributed by atoms with van der Waals surface area (Å²) in [6.45, 7) is 1.39. The SMILES string of the molecule is COc1ccc(CNCc2cnc(Cl)s2)c(CCN=C(C[N+](=O)[O-])SN)c1. The van der Waals surface area contributed by atoms with E-state index >= 15 is 0 Å². The van der Waals surface area contributed by atoms with Crippen molar-refractivity contribution in [1.29, 1.82) is 0 Å². The fourth-order valence-electron chi connectivity index (χ4n) is 2.36. The topological polar surface area (TPSA) is 116 Å². The van der Waals surface area contributed by atoms with Gasteiger partial charge < -0.3 is 10.1 Å². The van der Waals surface area contributed by atoms with Gasteiger partial charge >= 0.3 is 0 Å². The van der Waals surface area contributed by atoms with E-state index in [1.807, 2.05) is 18.2 Å². The molecule has 3 N–H and O–H groups in total. The third-order valence-electron chi connectivity index (χ3n) is 3.62. The van der Waals surface area contributed by atoms with Crippen molar-refractivity contribution >= 4 is 39.9 Å². The van der Waals surface area contributed by atoms with E-state index < -0.39 is 4.92 Å². The molecule has 0 saturated carbocycles. The summed E-state index contributed by atoms with van der Waals surface area (Å²) >= 11 is 8.10. The van der Waals surface area contributed by atoms with Crippen LogP contribution in [0.5, 0.6) is 5.75 Å². The normalized spacial score (nSPS) is 11.6. The molecule has 0 radical (unpaired) electrons. The maximum atomic E-state index is 10.6. The number of rotatable bonds is 10. The number of hydrogen-bond donors (Lipinski definition) is 2. The minimum absolute atomic E-state index is 0.310. The van der Waals surface area contributed by atoms with Crippen LogP contribution in [-0.4, -0.2) is 35.2 Å². The minimum Gasteiger partial charge on any atom is -0.497 e. The van der Waals surface area contributed by atoms with Gasteiger partial charge in [-0.15, -0.1) is 11.3 Å². The van der Waals surface area contributed by atoms with Crippen LogP contribution in [0.15, 0.2) is 29.4 Å². The number of halogens is 1. The summed E-state index contributed by atoms with van der Waals surface area (Å²) in [5, 5.41) is 19.7. The summed E-state index contributed by atoms with van der Waals surface area (Å²) in [5.74, 6) is 0.755. The van der Waals surface area contributed by atoms with Crippen molar-refractivity contribution in [2.45, 2.75) is 19.5 Å². The van der Waals surface area contributed by atoms with Crippen LogP contribution in [0.3, 0.4) is 0 Å². The molecule has 0 aliphatic rings. The van der Waals surface area contributed by atoms with Crippen LogP contribution < -0.4 is 15.2 Å². The summed E-state index contributed by atoms with van der Waals surface area (Å²) in [7, 11) is 1.61. The fraction of sp³-hybridized carbons (Fsp3) is 0.375. The molecular weight excluding hydrogens is 410 g/mol. The molecule has 0 amide bonds. The number of methoxy groups -OCH3 is 1.